The topological polar surface area (TPSA) is 67.4 Å². The lowest BCUT2D eigenvalue weighted by molar-refractivity contribution is 0.0799. The van der Waals surface area contributed by atoms with Crippen LogP contribution in [0.25, 0.3) is 0 Å². The third-order valence-electron chi connectivity index (χ3n) is 2.73. The van der Waals surface area contributed by atoms with E-state index in [9.17, 15) is 8.42 Å². The first-order valence-electron chi connectivity index (χ1n) is 7.00. The number of ether oxygens (including phenoxy) is 1. The van der Waals surface area contributed by atoms with Crippen LogP contribution in [0.4, 0.5) is 0 Å². The summed E-state index contributed by atoms with van der Waals surface area (Å²) in [6, 6.07) is 1.71. The molecule has 0 saturated carbocycles. The van der Waals surface area contributed by atoms with Gasteiger partial charge in [-0.3, -0.25) is 0 Å². The molecule has 8 heteroatoms. The zero-order valence-corrected chi connectivity index (χ0v) is 15.8. The molecule has 1 aromatic rings. The van der Waals surface area contributed by atoms with Crippen LogP contribution in [0.2, 0.25) is 0 Å². The molecule has 1 unspecified atom stereocenters. The molecule has 0 aliphatic rings. The van der Waals surface area contributed by atoms with Crippen LogP contribution in [0.5, 0.6) is 0 Å². The van der Waals surface area contributed by atoms with Crippen molar-refractivity contribution in [2.75, 3.05) is 19.7 Å². The summed E-state index contributed by atoms with van der Waals surface area (Å²) in [5.41, 5.74) is 0. The fourth-order valence-corrected chi connectivity index (χ4v) is 5.47. The van der Waals surface area contributed by atoms with Gasteiger partial charge in [-0.1, -0.05) is 6.92 Å². The monoisotopic (exact) mass is 398 g/mol. The van der Waals surface area contributed by atoms with Crippen LogP contribution in [0.15, 0.2) is 14.7 Å². The summed E-state index contributed by atoms with van der Waals surface area (Å²) >= 11 is 4.78. The Morgan fingerprint density at radius 1 is 1.43 bits per heavy atom. The van der Waals surface area contributed by atoms with Crippen LogP contribution in [-0.2, 0) is 21.3 Å². The van der Waals surface area contributed by atoms with Gasteiger partial charge >= 0.3 is 0 Å². The number of hydrogen-bond acceptors (Lipinski definition) is 5. The molecule has 0 aliphatic heterocycles. The van der Waals surface area contributed by atoms with E-state index in [1.807, 2.05) is 13.8 Å². The minimum atomic E-state index is -3.51. The molecule has 0 bridgehead atoms. The van der Waals surface area contributed by atoms with Gasteiger partial charge < -0.3 is 10.1 Å². The van der Waals surface area contributed by atoms with Crippen LogP contribution < -0.4 is 10.0 Å². The second-order valence-electron chi connectivity index (χ2n) is 4.65. The Morgan fingerprint density at radius 3 is 2.76 bits per heavy atom. The van der Waals surface area contributed by atoms with Crippen molar-refractivity contribution in [1.29, 1.82) is 0 Å². The summed E-state index contributed by atoms with van der Waals surface area (Å²) in [5.74, 6) is 0. The summed E-state index contributed by atoms with van der Waals surface area (Å²) in [4.78, 5) is 1.29. The molecule has 1 heterocycles. The van der Waals surface area contributed by atoms with Gasteiger partial charge in [0, 0.05) is 24.6 Å². The molecule has 1 aromatic heterocycles. The Kier molecular flexibility index (Phi) is 8.36. The lowest BCUT2D eigenvalue weighted by Gasteiger charge is -2.12. The Morgan fingerprint density at radius 2 is 2.14 bits per heavy atom. The highest BCUT2D eigenvalue weighted by atomic mass is 79.9. The molecule has 0 fully saturated rings. The first kappa shape index (κ1) is 19.1. The van der Waals surface area contributed by atoms with E-state index in [-0.39, 0.29) is 12.6 Å². The SMILES string of the molecule is CCCNCc1cc(S(=O)(=O)NCC(C)OCC)c(Br)s1. The van der Waals surface area contributed by atoms with E-state index in [0.29, 0.717) is 21.8 Å². The maximum atomic E-state index is 12.3. The molecule has 0 amide bonds. The highest BCUT2D eigenvalue weighted by Crippen LogP contribution is 2.31. The largest absolute Gasteiger partial charge is 0.377 e. The summed E-state index contributed by atoms with van der Waals surface area (Å²) in [6.45, 7) is 8.26. The van der Waals surface area contributed by atoms with Gasteiger partial charge in [-0.15, -0.1) is 11.3 Å². The van der Waals surface area contributed by atoms with Crippen LogP contribution in [0.1, 0.15) is 32.1 Å². The van der Waals surface area contributed by atoms with Gasteiger partial charge in [0.15, 0.2) is 0 Å². The van der Waals surface area contributed by atoms with Crippen LogP contribution in [0.3, 0.4) is 0 Å². The van der Waals surface area contributed by atoms with E-state index in [1.165, 1.54) is 11.3 Å². The van der Waals surface area contributed by atoms with Crippen molar-refractivity contribution in [2.24, 2.45) is 0 Å². The van der Waals surface area contributed by atoms with Crippen molar-refractivity contribution in [2.45, 2.75) is 44.7 Å². The molecule has 21 heavy (non-hydrogen) atoms. The average molecular weight is 399 g/mol. The molecule has 0 saturated heterocycles. The summed E-state index contributed by atoms with van der Waals surface area (Å²) in [6.07, 6.45) is 0.905. The summed E-state index contributed by atoms with van der Waals surface area (Å²) < 4.78 is 33.1. The minimum Gasteiger partial charge on any atom is -0.377 e. The van der Waals surface area contributed by atoms with Crippen molar-refractivity contribution in [3.05, 3.63) is 14.7 Å². The second kappa shape index (κ2) is 9.22. The molecule has 0 aliphatic carbocycles. The van der Waals surface area contributed by atoms with E-state index in [2.05, 4.69) is 32.9 Å². The lowest BCUT2D eigenvalue weighted by Crippen LogP contribution is -2.32. The Balaban J connectivity index is 2.69. The van der Waals surface area contributed by atoms with Gasteiger partial charge in [0.2, 0.25) is 10.0 Å². The van der Waals surface area contributed by atoms with Crippen LogP contribution >= 0.6 is 27.3 Å². The fourth-order valence-electron chi connectivity index (χ4n) is 1.70. The average Bonchev–Trinajstić information content (AvgIpc) is 2.79. The highest BCUT2D eigenvalue weighted by molar-refractivity contribution is 9.11. The molecular formula is C13H23BrN2O3S2. The highest BCUT2D eigenvalue weighted by Gasteiger charge is 2.21. The zero-order valence-electron chi connectivity index (χ0n) is 12.6. The van der Waals surface area contributed by atoms with Gasteiger partial charge in [0.1, 0.15) is 4.90 Å². The number of nitrogens with one attached hydrogen (secondary N) is 2. The Labute approximate surface area is 139 Å². The van der Waals surface area contributed by atoms with Crippen molar-refractivity contribution < 1.29 is 13.2 Å². The molecule has 1 rings (SSSR count). The van der Waals surface area contributed by atoms with E-state index in [1.54, 1.807) is 6.07 Å². The predicted molar refractivity (Wildman–Crippen MR) is 90.3 cm³/mol. The third-order valence-corrected chi connectivity index (χ3v) is 6.41. The van der Waals surface area contributed by atoms with E-state index in [0.717, 1.165) is 17.8 Å². The molecule has 1 atom stereocenters. The van der Waals surface area contributed by atoms with Gasteiger partial charge in [-0.25, -0.2) is 13.1 Å². The number of hydrogen-bond donors (Lipinski definition) is 2. The van der Waals surface area contributed by atoms with Crippen molar-refractivity contribution >= 4 is 37.3 Å². The zero-order chi connectivity index (χ0) is 15.9. The first-order chi connectivity index (χ1) is 9.90. The second-order valence-corrected chi connectivity index (χ2v) is 8.84. The molecular weight excluding hydrogens is 376 g/mol. The molecule has 5 nitrogen and oxygen atoms in total. The maximum absolute atomic E-state index is 12.3. The van der Waals surface area contributed by atoms with Crippen molar-refractivity contribution in [1.82, 2.24) is 10.0 Å². The van der Waals surface area contributed by atoms with E-state index < -0.39 is 10.0 Å². The van der Waals surface area contributed by atoms with E-state index >= 15 is 0 Å². The molecule has 122 valence electrons. The van der Waals surface area contributed by atoms with Crippen LogP contribution in [-0.4, -0.2) is 34.2 Å². The van der Waals surface area contributed by atoms with Crippen LogP contribution in [0, 0.1) is 0 Å². The fraction of sp³-hybridized carbons (Fsp3) is 0.692. The maximum Gasteiger partial charge on any atom is 0.242 e. The van der Waals surface area contributed by atoms with Gasteiger partial charge in [-0.2, -0.15) is 0 Å². The molecule has 0 aromatic carbocycles. The van der Waals surface area contributed by atoms with Crippen molar-refractivity contribution in [3.8, 4) is 0 Å². The normalized spacial score (nSPS) is 13.5. The number of rotatable bonds is 10. The lowest BCUT2D eigenvalue weighted by atomic mass is 10.4. The number of thiophene rings is 1. The van der Waals surface area contributed by atoms with E-state index in [4.69, 9.17) is 4.74 Å². The molecule has 0 radical (unpaired) electrons. The minimum absolute atomic E-state index is 0.145. The molecule has 0 spiro atoms. The van der Waals surface area contributed by atoms with Crippen molar-refractivity contribution in [3.63, 3.8) is 0 Å². The molecule has 2 N–H and O–H groups in total. The standard InChI is InChI=1S/C13H23BrN2O3S2/c1-4-6-15-9-11-7-12(13(14)20-11)21(17,18)16-8-10(3)19-5-2/h7,10,15-16H,4-6,8-9H2,1-3H3. The number of sulfonamides is 1. The van der Waals surface area contributed by atoms with Gasteiger partial charge in [0.25, 0.3) is 0 Å². The quantitative estimate of drug-likeness (QED) is 0.594. The third kappa shape index (κ3) is 6.33. The summed E-state index contributed by atoms with van der Waals surface area (Å²) in [7, 11) is -3.51. The van der Waals surface area contributed by atoms with Gasteiger partial charge in [0.05, 0.1) is 9.89 Å². The first-order valence-corrected chi connectivity index (χ1v) is 10.1. The number of halogens is 1. The van der Waals surface area contributed by atoms with Gasteiger partial charge in [-0.05, 0) is 48.8 Å². The Hall–Kier alpha value is 0.01000. The Bertz CT molecular complexity index is 532. The summed E-state index contributed by atoms with van der Waals surface area (Å²) in [5, 5.41) is 3.26. The smallest absolute Gasteiger partial charge is 0.242 e. The predicted octanol–water partition coefficient (Wildman–Crippen LogP) is 2.71.